The third kappa shape index (κ3) is 3.09. The van der Waals surface area contributed by atoms with Crippen LogP contribution in [0.25, 0.3) is 0 Å². The molecule has 0 fully saturated rings. The van der Waals surface area contributed by atoms with E-state index in [0.717, 1.165) is 6.07 Å². The number of halogens is 4. The molecule has 102 valence electrons. The molecule has 6 heteroatoms. The molecule has 1 atom stereocenters. The topological polar surface area (TPSA) is 35.8 Å². The number of benzene rings is 2. The zero-order valence-corrected chi connectivity index (χ0v) is 12.3. The summed E-state index contributed by atoms with van der Waals surface area (Å²) in [5, 5.41) is 12.5. The van der Waals surface area contributed by atoms with Gasteiger partial charge in [-0.05, 0) is 40.2 Å². The van der Waals surface area contributed by atoms with E-state index < -0.39 is 17.7 Å². The summed E-state index contributed by atoms with van der Waals surface area (Å²) in [6.45, 7) is 0. The van der Waals surface area contributed by atoms with Crippen molar-refractivity contribution in [3.05, 3.63) is 63.1 Å². The van der Waals surface area contributed by atoms with Gasteiger partial charge in [0.15, 0.2) is 11.6 Å². The Morgan fingerprint density at radius 2 is 2.00 bits per heavy atom. The number of nitriles is 1. The highest BCUT2D eigenvalue weighted by Crippen LogP contribution is 2.28. The molecule has 2 aromatic rings. The first kappa shape index (κ1) is 14.8. The Hall–Kier alpha value is -1.64. The van der Waals surface area contributed by atoms with Gasteiger partial charge in [-0.2, -0.15) is 5.26 Å². The van der Waals surface area contributed by atoms with E-state index in [0.29, 0.717) is 15.2 Å². The summed E-state index contributed by atoms with van der Waals surface area (Å²) < 4.78 is 27.5. The van der Waals surface area contributed by atoms with Gasteiger partial charge in [0.1, 0.15) is 6.04 Å². The van der Waals surface area contributed by atoms with Crippen molar-refractivity contribution in [1.82, 2.24) is 0 Å². The standard InChI is InChI=1S/C14H8BrClF2N2/c15-10-6-8(4-5-11(10)16)20-13(7-19)9-2-1-3-12(17)14(9)18/h1-6,13,20H. The van der Waals surface area contributed by atoms with Crippen molar-refractivity contribution in [2.24, 2.45) is 0 Å². The molecule has 0 radical (unpaired) electrons. The highest BCUT2D eigenvalue weighted by Gasteiger charge is 2.17. The maximum atomic E-state index is 13.7. The first-order valence-electron chi connectivity index (χ1n) is 5.58. The normalized spacial score (nSPS) is 11.8. The Morgan fingerprint density at radius 3 is 2.65 bits per heavy atom. The highest BCUT2D eigenvalue weighted by atomic mass is 79.9. The van der Waals surface area contributed by atoms with E-state index in [4.69, 9.17) is 16.9 Å². The van der Waals surface area contributed by atoms with Gasteiger partial charge in [0, 0.05) is 15.7 Å². The Bertz CT molecular complexity index is 685. The maximum Gasteiger partial charge on any atom is 0.165 e. The molecular formula is C14H8BrClF2N2. The molecule has 0 amide bonds. The Labute approximate surface area is 128 Å². The quantitative estimate of drug-likeness (QED) is 0.833. The third-order valence-electron chi connectivity index (χ3n) is 2.65. The van der Waals surface area contributed by atoms with Gasteiger partial charge < -0.3 is 5.32 Å². The van der Waals surface area contributed by atoms with Gasteiger partial charge in [0.2, 0.25) is 0 Å². The number of nitrogens with one attached hydrogen (secondary N) is 1. The van der Waals surface area contributed by atoms with Crippen LogP contribution in [-0.4, -0.2) is 0 Å². The molecular weight excluding hydrogens is 350 g/mol. The van der Waals surface area contributed by atoms with Crippen molar-refractivity contribution in [1.29, 1.82) is 5.26 Å². The summed E-state index contributed by atoms with van der Waals surface area (Å²) in [4.78, 5) is 0. The van der Waals surface area contributed by atoms with Crippen LogP contribution in [0.4, 0.5) is 14.5 Å². The lowest BCUT2D eigenvalue weighted by Crippen LogP contribution is -2.11. The molecule has 2 aromatic carbocycles. The Morgan fingerprint density at radius 1 is 1.25 bits per heavy atom. The number of hydrogen-bond donors (Lipinski definition) is 1. The Kier molecular flexibility index (Phi) is 4.58. The van der Waals surface area contributed by atoms with Gasteiger partial charge in [-0.25, -0.2) is 8.78 Å². The largest absolute Gasteiger partial charge is 0.366 e. The predicted octanol–water partition coefficient (Wildman–Crippen LogP) is 5.06. The van der Waals surface area contributed by atoms with Crippen LogP contribution < -0.4 is 5.32 Å². The molecule has 2 nitrogen and oxygen atoms in total. The molecule has 0 aliphatic heterocycles. The molecule has 0 saturated carbocycles. The first-order chi connectivity index (χ1) is 9.52. The van der Waals surface area contributed by atoms with Crippen LogP contribution >= 0.6 is 27.5 Å². The lowest BCUT2D eigenvalue weighted by atomic mass is 10.1. The van der Waals surface area contributed by atoms with Crippen molar-refractivity contribution in [2.75, 3.05) is 5.32 Å². The van der Waals surface area contributed by atoms with Gasteiger partial charge >= 0.3 is 0 Å². The molecule has 0 spiro atoms. The average Bonchev–Trinajstić information content (AvgIpc) is 2.43. The summed E-state index contributed by atoms with van der Waals surface area (Å²) in [6, 6.07) is 9.57. The van der Waals surface area contributed by atoms with Crippen LogP contribution in [-0.2, 0) is 0 Å². The minimum atomic E-state index is -1.03. The van der Waals surface area contributed by atoms with E-state index in [1.807, 2.05) is 6.07 Å². The molecule has 0 heterocycles. The van der Waals surface area contributed by atoms with Crippen LogP contribution in [0.2, 0.25) is 5.02 Å². The van der Waals surface area contributed by atoms with Crippen molar-refractivity contribution >= 4 is 33.2 Å². The lowest BCUT2D eigenvalue weighted by molar-refractivity contribution is 0.498. The van der Waals surface area contributed by atoms with Crippen molar-refractivity contribution in [3.8, 4) is 6.07 Å². The zero-order chi connectivity index (χ0) is 14.7. The molecule has 1 N–H and O–H groups in total. The molecule has 1 unspecified atom stereocenters. The van der Waals surface area contributed by atoms with E-state index in [-0.39, 0.29) is 5.56 Å². The van der Waals surface area contributed by atoms with Gasteiger partial charge in [-0.15, -0.1) is 0 Å². The second-order valence-corrected chi connectivity index (χ2v) is 5.24. The minimum absolute atomic E-state index is 0.0430. The minimum Gasteiger partial charge on any atom is -0.366 e. The fraction of sp³-hybridized carbons (Fsp3) is 0.0714. The van der Waals surface area contributed by atoms with Crippen LogP contribution in [0.1, 0.15) is 11.6 Å². The molecule has 2 rings (SSSR count). The predicted molar refractivity (Wildman–Crippen MR) is 77.5 cm³/mol. The van der Waals surface area contributed by atoms with Crippen molar-refractivity contribution in [2.45, 2.75) is 6.04 Å². The summed E-state index contributed by atoms with van der Waals surface area (Å²) >= 11 is 9.12. The third-order valence-corrected chi connectivity index (χ3v) is 3.87. The van der Waals surface area contributed by atoms with Crippen LogP contribution in [0.3, 0.4) is 0 Å². The SMILES string of the molecule is N#CC(Nc1ccc(Cl)c(Br)c1)c1cccc(F)c1F. The maximum absolute atomic E-state index is 13.7. The number of rotatable bonds is 3. The lowest BCUT2D eigenvalue weighted by Gasteiger charge is -2.14. The number of anilines is 1. The summed E-state index contributed by atoms with van der Waals surface area (Å²) in [7, 11) is 0. The number of hydrogen-bond acceptors (Lipinski definition) is 2. The Balaban J connectivity index is 2.32. The smallest absolute Gasteiger partial charge is 0.165 e. The van der Waals surface area contributed by atoms with E-state index in [1.54, 1.807) is 18.2 Å². The summed E-state index contributed by atoms with van der Waals surface area (Å²) in [6.07, 6.45) is 0. The first-order valence-corrected chi connectivity index (χ1v) is 6.75. The van der Waals surface area contributed by atoms with Gasteiger partial charge in [0.05, 0.1) is 11.1 Å². The second kappa shape index (κ2) is 6.21. The van der Waals surface area contributed by atoms with Crippen LogP contribution in [0, 0.1) is 23.0 Å². The van der Waals surface area contributed by atoms with Gasteiger partial charge in [-0.3, -0.25) is 0 Å². The van der Waals surface area contributed by atoms with Gasteiger partial charge in [-0.1, -0.05) is 23.7 Å². The summed E-state index contributed by atoms with van der Waals surface area (Å²) in [5.41, 5.74) is 0.523. The zero-order valence-electron chi connectivity index (χ0n) is 10.0. The average molecular weight is 358 g/mol. The van der Waals surface area contributed by atoms with Crippen LogP contribution in [0.5, 0.6) is 0 Å². The van der Waals surface area contributed by atoms with E-state index in [9.17, 15) is 8.78 Å². The monoisotopic (exact) mass is 356 g/mol. The van der Waals surface area contributed by atoms with Crippen molar-refractivity contribution < 1.29 is 8.78 Å². The number of nitrogens with zero attached hydrogens (tertiary/aromatic N) is 1. The van der Waals surface area contributed by atoms with E-state index in [2.05, 4.69) is 21.2 Å². The van der Waals surface area contributed by atoms with Gasteiger partial charge in [0.25, 0.3) is 0 Å². The second-order valence-electron chi connectivity index (χ2n) is 3.98. The van der Waals surface area contributed by atoms with E-state index >= 15 is 0 Å². The molecule has 0 saturated heterocycles. The van der Waals surface area contributed by atoms with E-state index in [1.165, 1.54) is 12.1 Å². The molecule has 0 aromatic heterocycles. The molecule has 0 aliphatic carbocycles. The fourth-order valence-corrected chi connectivity index (χ4v) is 2.17. The fourth-order valence-electron chi connectivity index (χ4n) is 1.68. The molecule has 20 heavy (non-hydrogen) atoms. The molecule has 0 aliphatic rings. The van der Waals surface area contributed by atoms with Crippen LogP contribution in [0.15, 0.2) is 40.9 Å². The highest BCUT2D eigenvalue weighted by molar-refractivity contribution is 9.10. The van der Waals surface area contributed by atoms with Crippen molar-refractivity contribution in [3.63, 3.8) is 0 Å². The molecule has 0 bridgehead atoms. The summed E-state index contributed by atoms with van der Waals surface area (Å²) in [5.74, 6) is -2.01.